The number of ether oxygens (including phenoxy) is 1. The van der Waals surface area contributed by atoms with E-state index < -0.39 is 0 Å². The molecule has 0 bridgehead atoms. The molecule has 3 rings (SSSR count). The van der Waals surface area contributed by atoms with Crippen molar-refractivity contribution in [3.05, 3.63) is 90.5 Å². The van der Waals surface area contributed by atoms with E-state index in [1.54, 1.807) is 6.07 Å². The standard InChI is InChI=1S/C12H10O.C7H8O/c1-3-7-11(8-4-1)13-12-9-5-2-6-10-12;1-6-4-2-3-5-7(6)8/h1-10H;2-5,8H,1H3. The maximum absolute atomic E-state index is 8.92. The molecular weight excluding hydrogens is 260 g/mol. The maximum Gasteiger partial charge on any atom is 0.127 e. The van der Waals surface area contributed by atoms with Crippen molar-refractivity contribution in [3.63, 3.8) is 0 Å². The van der Waals surface area contributed by atoms with Crippen LogP contribution < -0.4 is 4.74 Å². The van der Waals surface area contributed by atoms with Gasteiger partial charge in [0.05, 0.1) is 0 Å². The van der Waals surface area contributed by atoms with Crippen molar-refractivity contribution in [2.24, 2.45) is 0 Å². The average molecular weight is 278 g/mol. The largest absolute Gasteiger partial charge is 0.508 e. The second kappa shape index (κ2) is 7.75. The molecule has 0 radical (unpaired) electrons. The monoisotopic (exact) mass is 278 g/mol. The van der Waals surface area contributed by atoms with E-state index in [1.165, 1.54) is 0 Å². The minimum Gasteiger partial charge on any atom is -0.508 e. The normalized spacial score (nSPS) is 9.38. The van der Waals surface area contributed by atoms with Gasteiger partial charge in [0.2, 0.25) is 0 Å². The highest BCUT2D eigenvalue weighted by Gasteiger charge is 1.92. The van der Waals surface area contributed by atoms with Crippen molar-refractivity contribution in [2.75, 3.05) is 0 Å². The van der Waals surface area contributed by atoms with Crippen LogP contribution in [-0.4, -0.2) is 5.11 Å². The zero-order valence-electron chi connectivity index (χ0n) is 11.9. The summed E-state index contributed by atoms with van der Waals surface area (Å²) in [5.74, 6) is 2.11. The average Bonchev–Trinajstić information content (AvgIpc) is 2.53. The molecule has 2 nitrogen and oxygen atoms in total. The van der Waals surface area contributed by atoms with Crippen LogP contribution in [0.1, 0.15) is 5.56 Å². The van der Waals surface area contributed by atoms with Crippen molar-refractivity contribution < 1.29 is 9.84 Å². The van der Waals surface area contributed by atoms with E-state index >= 15 is 0 Å². The molecule has 0 fully saturated rings. The summed E-state index contributed by atoms with van der Waals surface area (Å²) >= 11 is 0. The topological polar surface area (TPSA) is 29.5 Å². The molecule has 0 aliphatic carbocycles. The molecule has 2 heteroatoms. The molecule has 0 atom stereocenters. The Labute approximate surface area is 125 Å². The van der Waals surface area contributed by atoms with Gasteiger partial charge in [-0.05, 0) is 42.8 Å². The summed E-state index contributed by atoms with van der Waals surface area (Å²) in [7, 11) is 0. The third-order valence-corrected chi connectivity index (χ3v) is 2.84. The predicted molar refractivity (Wildman–Crippen MR) is 85.8 cm³/mol. The minimum atomic E-state index is 0.368. The molecule has 0 saturated carbocycles. The van der Waals surface area contributed by atoms with Gasteiger partial charge in [0, 0.05) is 0 Å². The van der Waals surface area contributed by atoms with Gasteiger partial charge in [-0.3, -0.25) is 0 Å². The molecule has 0 saturated heterocycles. The first-order valence-electron chi connectivity index (χ1n) is 6.78. The number of para-hydroxylation sites is 3. The van der Waals surface area contributed by atoms with Crippen LogP contribution in [-0.2, 0) is 0 Å². The molecule has 21 heavy (non-hydrogen) atoms. The molecule has 0 heterocycles. The molecule has 3 aromatic carbocycles. The zero-order chi connectivity index (χ0) is 14.9. The van der Waals surface area contributed by atoms with Crippen LogP contribution in [0.5, 0.6) is 17.2 Å². The summed E-state index contributed by atoms with van der Waals surface area (Å²) < 4.78 is 5.58. The Morgan fingerprint density at radius 3 is 1.43 bits per heavy atom. The first kappa shape index (κ1) is 14.7. The van der Waals surface area contributed by atoms with Crippen LogP contribution in [0.25, 0.3) is 0 Å². The number of hydrogen-bond acceptors (Lipinski definition) is 2. The van der Waals surface area contributed by atoms with Gasteiger partial charge in [0.25, 0.3) is 0 Å². The van der Waals surface area contributed by atoms with E-state index in [2.05, 4.69) is 0 Å². The van der Waals surface area contributed by atoms with E-state index in [-0.39, 0.29) is 0 Å². The van der Waals surface area contributed by atoms with E-state index in [9.17, 15) is 0 Å². The molecular formula is C19H18O2. The number of aromatic hydroxyl groups is 1. The summed E-state index contributed by atoms with van der Waals surface area (Å²) in [5, 5.41) is 8.92. The molecule has 1 N–H and O–H groups in total. The molecule has 3 aromatic rings. The smallest absolute Gasteiger partial charge is 0.127 e. The lowest BCUT2D eigenvalue weighted by Crippen LogP contribution is -1.81. The lowest BCUT2D eigenvalue weighted by Gasteiger charge is -2.03. The van der Waals surface area contributed by atoms with Gasteiger partial charge >= 0.3 is 0 Å². The third-order valence-electron chi connectivity index (χ3n) is 2.84. The van der Waals surface area contributed by atoms with Crippen LogP contribution in [0.15, 0.2) is 84.9 Å². The number of rotatable bonds is 2. The van der Waals surface area contributed by atoms with Crippen LogP contribution in [0.4, 0.5) is 0 Å². The van der Waals surface area contributed by atoms with Crippen LogP contribution in [0.2, 0.25) is 0 Å². The summed E-state index contributed by atoms with van der Waals surface area (Å²) in [4.78, 5) is 0. The fourth-order valence-corrected chi connectivity index (χ4v) is 1.68. The quantitative estimate of drug-likeness (QED) is 0.700. The van der Waals surface area contributed by atoms with E-state index in [0.717, 1.165) is 17.1 Å². The highest BCUT2D eigenvalue weighted by molar-refractivity contribution is 5.30. The van der Waals surface area contributed by atoms with Gasteiger partial charge in [-0.2, -0.15) is 0 Å². The zero-order valence-corrected chi connectivity index (χ0v) is 11.9. The van der Waals surface area contributed by atoms with Gasteiger partial charge in [0.1, 0.15) is 17.2 Å². The predicted octanol–water partition coefficient (Wildman–Crippen LogP) is 5.18. The van der Waals surface area contributed by atoms with Crippen molar-refractivity contribution in [1.82, 2.24) is 0 Å². The molecule has 0 aliphatic heterocycles. The Morgan fingerprint density at radius 1 is 0.619 bits per heavy atom. The summed E-state index contributed by atoms with van der Waals surface area (Å²) in [6.45, 7) is 1.87. The Balaban J connectivity index is 0.000000173. The maximum atomic E-state index is 8.92. The summed E-state index contributed by atoms with van der Waals surface area (Å²) in [6, 6.07) is 26.8. The van der Waals surface area contributed by atoms with E-state index in [4.69, 9.17) is 9.84 Å². The number of aryl methyl sites for hydroxylation is 1. The molecule has 0 aliphatic rings. The number of phenols is 1. The van der Waals surface area contributed by atoms with Gasteiger partial charge in [0.15, 0.2) is 0 Å². The number of phenolic OH excluding ortho intramolecular Hbond substituents is 1. The molecule has 0 unspecified atom stereocenters. The van der Waals surface area contributed by atoms with Gasteiger partial charge < -0.3 is 9.84 Å². The van der Waals surface area contributed by atoms with E-state index in [1.807, 2.05) is 85.8 Å². The second-order valence-electron chi connectivity index (χ2n) is 4.51. The highest BCUT2D eigenvalue weighted by Crippen LogP contribution is 2.19. The van der Waals surface area contributed by atoms with Crippen LogP contribution >= 0.6 is 0 Å². The number of hydrogen-bond donors (Lipinski definition) is 1. The fraction of sp³-hybridized carbons (Fsp3) is 0.0526. The number of benzene rings is 3. The SMILES string of the molecule is Cc1ccccc1O.c1ccc(Oc2ccccc2)cc1. The van der Waals surface area contributed by atoms with Crippen molar-refractivity contribution in [3.8, 4) is 17.2 Å². The fourth-order valence-electron chi connectivity index (χ4n) is 1.68. The Hall–Kier alpha value is -2.74. The van der Waals surface area contributed by atoms with Crippen molar-refractivity contribution in [2.45, 2.75) is 6.92 Å². The summed E-state index contributed by atoms with van der Waals surface area (Å²) in [6.07, 6.45) is 0. The Kier molecular flexibility index (Phi) is 5.41. The Bertz CT molecular complexity index is 590. The molecule has 0 aromatic heterocycles. The minimum absolute atomic E-state index is 0.368. The van der Waals surface area contributed by atoms with Crippen LogP contribution in [0.3, 0.4) is 0 Å². The lowest BCUT2D eigenvalue weighted by molar-refractivity contribution is 0.471. The summed E-state index contributed by atoms with van der Waals surface area (Å²) in [5.41, 5.74) is 0.924. The van der Waals surface area contributed by atoms with Gasteiger partial charge in [-0.25, -0.2) is 0 Å². The van der Waals surface area contributed by atoms with Crippen molar-refractivity contribution in [1.29, 1.82) is 0 Å². The first-order valence-corrected chi connectivity index (χ1v) is 6.78. The second-order valence-corrected chi connectivity index (χ2v) is 4.51. The highest BCUT2D eigenvalue weighted by atomic mass is 16.5. The lowest BCUT2D eigenvalue weighted by atomic mass is 10.2. The van der Waals surface area contributed by atoms with Crippen molar-refractivity contribution >= 4 is 0 Å². The molecule has 0 spiro atoms. The molecule has 106 valence electrons. The first-order chi connectivity index (χ1) is 10.3. The van der Waals surface area contributed by atoms with E-state index in [0.29, 0.717) is 5.75 Å². The third kappa shape index (κ3) is 5.03. The van der Waals surface area contributed by atoms with Crippen LogP contribution in [0, 0.1) is 6.92 Å². The Morgan fingerprint density at radius 2 is 1.05 bits per heavy atom. The van der Waals surface area contributed by atoms with Gasteiger partial charge in [-0.1, -0.05) is 54.6 Å². The molecule has 0 amide bonds. The van der Waals surface area contributed by atoms with Gasteiger partial charge in [-0.15, -0.1) is 0 Å².